The van der Waals surface area contributed by atoms with Crippen molar-refractivity contribution in [3.8, 4) is 17.6 Å². The number of nitrogens with one attached hydrogen (secondary N) is 1. The van der Waals surface area contributed by atoms with E-state index in [0.29, 0.717) is 66.7 Å². The lowest BCUT2D eigenvalue weighted by Crippen LogP contribution is -2.47. The third-order valence-corrected chi connectivity index (χ3v) is 19.1. The number of rotatable bonds is 9. The molecule has 6 aromatic rings. The zero-order valence-electron chi connectivity index (χ0n) is 52.9. The van der Waals surface area contributed by atoms with Crippen LogP contribution in [0.25, 0.3) is 0 Å². The summed E-state index contributed by atoms with van der Waals surface area (Å²) >= 11 is 5.28. The van der Waals surface area contributed by atoms with Crippen molar-refractivity contribution in [2.75, 3.05) is 19.0 Å². The van der Waals surface area contributed by atoms with Gasteiger partial charge in [0.2, 0.25) is 17.6 Å². The second kappa shape index (κ2) is 34.9. The quantitative estimate of drug-likeness (QED) is 0.0801. The molecule has 0 aliphatic carbocycles. The van der Waals surface area contributed by atoms with Crippen LogP contribution in [0.2, 0.25) is 5.15 Å². The van der Waals surface area contributed by atoms with Gasteiger partial charge in [-0.15, -0.1) is 0 Å². The van der Waals surface area contributed by atoms with Crippen molar-refractivity contribution >= 4 is 29.9 Å². The van der Waals surface area contributed by atoms with Crippen LogP contribution >= 0.6 is 11.6 Å². The van der Waals surface area contributed by atoms with Gasteiger partial charge in [-0.3, -0.25) is 9.59 Å². The number of fused-ring (bicyclic) bond motifs is 8. The SMILES string of the molecule is C.C.C.CN1[C@@H]2CC[C@H]1CC(O)C2.Cc1ccc(F)c(C=O)c1.Cc1ccc(OC2C[C@H]3CC[C@@H](C2)N3)nc1.Cc1ccc(OC2C[C@H]3CC[C@@H](C2)N3C)nc1.Cc1ccc(OC2C[C@H]3CC[C@@H](C2)N3c2ccc(C(F)(F)F)cc2C=O)nc1.FC(F)(F)c1ccc(Cl)nc1.[HH]. The van der Waals surface area contributed by atoms with E-state index in [1.165, 1.54) is 67.9 Å². The van der Waals surface area contributed by atoms with Crippen molar-refractivity contribution in [2.24, 2.45) is 0 Å². The second-order valence-electron chi connectivity index (χ2n) is 25.7. The molecule has 14 nitrogen and oxygen atoms in total. The summed E-state index contributed by atoms with van der Waals surface area (Å²) in [4.78, 5) is 44.9. The van der Waals surface area contributed by atoms with Gasteiger partial charge in [0.25, 0.3) is 0 Å². The van der Waals surface area contributed by atoms with Crippen molar-refractivity contribution in [3.05, 3.63) is 165 Å². The van der Waals surface area contributed by atoms with Crippen molar-refractivity contribution in [1.82, 2.24) is 35.1 Å². The van der Waals surface area contributed by atoms with Crippen molar-refractivity contribution < 1.29 is 61.1 Å². The summed E-state index contributed by atoms with van der Waals surface area (Å²) in [5.74, 6) is 1.69. The van der Waals surface area contributed by atoms with E-state index in [9.17, 15) is 45.4 Å². The number of alkyl halides is 6. The number of carbonyl (C=O) groups is 2. The first kappa shape index (κ1) is 77.2. The number of aldehydes is 2. The summed E-state index contributed by atoms with van der Waals surface area (Å²) in [5.41, 5.74) is 3.53. The number of aromatic nitrogens is 4. The third-order valence-electron chi connectivity index (χ3n) is 18.9. The molecule has 4 unspecified atom stereocenters. The molecule has 2 N–H and O–H groups in total. The van der Waals surface area contributed by atoms with Crippen LogP contribution in [0.3, 0.4) is 0 Å². The van der Waals surface area contributed by atoms with Crippen LogP contribution in [0.15, 0.2) is 110 Å². The maximum atomic E-state index is 13.0. The second-order valence-corrected chi connectivity index (χ2v) is 26.1. The number of aliphatic hydroxyl groups is 1. The number of halogens is 8. The first-order chi connectivity index (χ1) is 43.9. The lowest BCUT2D eigenvalue weighted by Gasteiger charge is -2.41. The van der Waals surface area contributed by atoms with Crippen LogP contribution in [-0.2, 0) is 12.4 Å². The van der Waals surface area contributed by atoms with Gasteiger partial charge in [0.15, 0.2) is 12.6 Å². The Morgan fingerprint density at radius 2 is 0.895 bits per heavy atom. The number of anilines is 1. The minimum atomic E-state index is -4.46. The normalized spacial score (nSPS) is 25.9. The van der Waals surface area contributed by atoms with Crippen LogP contribution in [0.5, 0.6) is 17.6 Å². The molecule has 22 heteroatoms. The molecule has 522 valence electrons. The van der Waals surface area contributed by atoms with Crippen molar-refractivity contribution in [2.45, 2.75) is 238 Å². The number of nitrogens with zero attached hydrogens (tertiary/aromatic N) is 7. The van der Waals surface area contributed by atoms with E-state index in [1.807, 2.05) is 64.4 Å². The molecule has 12 heterocycles. The zero-order valence-corrected chi connectivity index (χ0v) is 53.7. The molecule has 2 aromatic carbocycles. The van der Waals surface area contributed by atoms with Gasteiger partial charge < -0.3 is 39.3 Å². The Morgan fingerprint density at radius 3 is 1.28 bits per heavy atom. The lowest BCUT2D eigenvalue weighted by molar-refractivity contribution is -0.138. The number of hydrogen-bond donors (Lipinski definition) is 2. The van der Waals surface area contributed by atoms with Gasteiger partial charge in [0, 0.05) is 117 Å². The predicted molar refractivity (Wildman–Crippen MR) is 361 cm³/mol. The summed E-state index contributed by atoms with van der Waals surface area (Å²) < 4.78 is 105. The molecule has 8 aliphatic rings. The fourth-order valence-corrected chi connectivity index (χ4v) is 14.1. The molecule has 0 amide bonds. The first-order valence-electron chi connectivity index (χ1n) is 31.9. The van der Waals surface area contributed by atoms with Gasteiger partial charge in [0.05, 0.1) is 22.8 Å². The standard InChI is InChI=1S/C21H21F3N2O2.C14H20N2O.C13H18N2O.C8H7FO.C8H15NO.C6H3ClF3N.3CH4.H2/c1-13-2-7-20(25-11-13)28-18-9-16-4-5-17(10-18)26(16)19-6-3-15(21(22,23)24)8-14(19)12-27;1-10-3-6-14(15-9-10)17-13-7-11-4-5-12(8-13)16(11)2;1-9-2-5-13(14-8-9)16-12-6-10-3-4-11(7-12)15-10;1-6-2-3-8(9)7(4-6)5-10;1-9-6-2-3-7(9)5-8(10)4-6;7-5-2-1-4(3-11-5)6(8,9)10;;;;/h2-3,6-8,11-12,16-18H,4-5,9-10H2,1H3;3,6,9,11-13H,4-5,7-8H2,1-2H3;2,5,8,10-12,15H,3-4,6-7H2,1H3;2-5H,1H3;6-8,10H,2-5H2,1H3;1-3H;3*1H4;1H/t16-,17+,18?;11-,12+,13?;10-,11+,12?;;6-,7+,8?;;;;;. The highest BCUT2D eigenvalue weighted by Crippen LogP contribution is 2.43. The summed E-state index contributed by atoms with van der Waals surface area (Å²) in [6.45, 7) is 7.87. The number of hydrogen-bond acceptors (Lipinski definition) is 14. The van der Waals surface area contributed by atoms with Gasteiger partial charge >= 0.3 is 12.4 Å². The Balaban J connectivity index is 0.000000216. The van der Waals surface area contributed by atoms with E-state index in [0.717, 1.165) is 123 Å². The number of piperidine rings is 4. The summed E-state index contributed by atoms with van der Waals surface area (Å²) in [6, 6.07) is 26.2. The maximum Gasteiger partial charge on any atom is 0.417 e. The van der Waals surface area contributed by atoms with Crippen LogP contribution in [0.1, 0.15) is 181 Å². The van der Waals surface area contributed by atoms with Crippen LogP contribution in [-0.4, -0.2) is 134 Å². The van der Waals surface area contributed by atoms with Crippen molar-refractivity contribution in [1.29, 1.82) is 0 Å². The molecule has 4 aromatic heterocycles. The van der Waals surface area contributed by atoms with Gasteiger partial charge in [-0.2, -0.15) is 26.3 Å². The summed E-state index contributed by atoms with van der Waals surface area (Å²) in [7, 11) is 4.44. The Hall–Kier alpha value is -6.78. The highest BCUT2D eigenvalue weighted by atomic mass is 35.5. The number of benzene rings is 2. The van der Waals surface area contributed by atoms with E-state index in [4.69, 9.17) is 25.8 Å². The zero-order chi connectivity index (χ0) is 65.9. The molecule has 8 saturated heterocycles. The largest absolute Gasteiger partial charge is 0.474 e. The minimum absolute atomic E-state index is 0. The van der Waals surface area contributed by atoms with Crippen LogP contribution < -0.4 is 24.4 Å². The molecule has 0 radical (unpaired) electrons. The van der Waals surface area contributed by atoms with Crippen LogP contribution in [0.4, 0.5) is 36.4 Å². The Labute approximate surface area is 563 Å². The Morgan fingerprint density at radius 1 is 0.495 bits per heavy atom. The van der Waals surface area contributed by atoms with Crippen LogP contribution in [0, 0.1) is 33.5 Å². The minimum Gasteiger partial charge on any atom is -0.474 e. The average molecular weight is 1350 g/mol. The van der Waals surface area contributed by atoms with E-state index in [-0.39, 0.29) is 64.3 Å². The monoisotopic (exact) mass is 1350 g/mol. The average Bonchev–Trinajstić information content (AvgIpc) is 1.47. The van der Waals surface area contributed by atoms with Gasteiger partial charge in [0.1, 0.15) is 29.3 Å². The lowest BCUT2D eigenvalue weighted by atomic mass is 9.97. The maximum absolute atomic E-state index is 13.0. The van der Waals surface area contributed by atoms with Gasteiger partial charge in [-0.05, 0) is 191 Å². The molecule has 95 heavy (non-hydrogen) atoms. The molecule has 0 saturated carbocycles. The highest BCUT2D eigenvalue weighted by Gasteiger charge is 2.44. The van der Waals surface area contributed by atoms with E-state index >= 15 is 0 Å². The number of aliphatic hydroxyl groups excluding tert-OH is 1. The molecule has 14 rings (SSSR count). The van der Waals surface area contributed by atoms with E-state index in [1.54, 1.807) is 12.3 Å². The van der Waals surface area contributed by atoms with Gasteiger partial charge in [-0.25, -0.2) is 24.3 Å². The Bertz CT molecular complexity index is 3290. The molecular formula is C73H98ClF7N8O6. The topological polar surface area (TPSA) is 155 Å². The predicted octanol–water partition coefficient (Wildman–Crippen LogP) is 16.7. The number of ether oxygens (including phenoxy) is 3. The molecule has 12 atom stereocenters. The molecule has 0 spiro atoms. The van der Waals surface area contributed by atoms with E-state index < -0.39 is 29.3 Å². The fourth-order valence-electron chi connectivity index (χ4n) is 14.0. The number of pyridine rings is 4. The van der Waals surface area contributed by atoms with E-state index in [2.05, 4.69) is 66.2 Å². The molecule has 8 aliphatic heterocycles. The summed E-state index contributed by atoms with van der Waals surface area (Å²) in [6.07, 6.45) is 17.0. The number of aryl methyl sites for hydroxylation is 4. The van der Waals surface area contributed by atoms with Crippen molar-refractivity contribution in [3.63, 3.8) is 0 Å². The molecule has 8 bridgehead atoms. The first-order valence-corrected chi connectivity index (χ1v) is 32.3. The molecule has 8 fully saturated rings. The smallest absolute Gasteiger partial charge is 0.417 e. The third kappa shape index (κ3) is 21.6. The fraction of sp³-hybridized carbons (Fsp3) is 0.534. The van der Waals surface area contributed by atoms with Gasteiger partial charge in [-0.1, -0.05) is 63.7 Å². The summed E-state index contributed by atoms with van der Waals surface area (Å²) in [5, 5.41) is 13.0. The number of carbonyl (C=O) groups excluding carboxylic acids is 2. The Kier molecular flexibility index (Phi) is 28.4. The molecular weight excluding hydrogens is 1250 g/mol. The highest BCUT2D eigenvalue weighted by molar-refractivity contribution is 6.29.